The molecule has 7 heterocycles. The fourth-order valence-electron chi connectivity index (χ4n) is 14.7. The molecule has 0 radical (unpaired) electrons. The molecule has 0 saturated carbocycles. The number of benzene rings is 13. The zero-order chi connectivity index (χ0) is 74.4. The van der Waals surface area contributed by atoms with Gasteiger partial charge in [0.15, 0.2) is 69.9 Å². The Kier molecular flexibility index (Phi) is 16.5. The third-order valence-electron chi connectivity index (χ3n) is 20.0. The van der Waals surface area contributed by atoms with Crippen molar-refractivity contribution in [3.8, 4) is 165 Å². The summed E-state index contributed by atoms with van der Waals surface area (Å²) < 4.78 is 4.54. The van der Waals surface area contributed by atoms with Crippen LogP contribution in [0, 0.1) is 11.3 Å². The van der Waals surface area contributed by atoms with E-state index in [4.69, 9.17) is 64.8 Å². The van der Waals surface area contributed by atoms with Gasteiger partial charge in [0.2, 0.25) is 0 Å². The van der Waals surface area contributed by atoms with Crippen LogP contribution in [-0.2, 0) is 0 Å². The Morgan fingerprint density at radius 3 is 0.616 bits per heavy atom. The first-order valence-electron chi connectivity index (χ1n) is 36.6. The lowest BCUT2D eigenvalue weighted by Crippen LogP contribution is -2.05. The molecule has 16 heteroatoms. The Hall–Kier alpha value is -15.9. The minimum absolute atomic E-state index is 0.479. The zero-order valence-electron chi connectivity index (χ0n) is 59.6. The van der Waals surface area contributed by atoms with Crippen molar-refractivity contribution in [1.82, 2.24) is 73.9 Å². The third-order valence-corrected chi connectivity index (χ3v) is 20.0. The molecule has 0 amide bonds. The highest BCUT2D eigenvalue weighted by atomic mass is 15.1. The standard InChI is InChI=1S/C96H58N16/c97-57-60-26-25-43-69(52-60)84-82(111-78-48-44-70(93-103-85(61-27-9-1-10-28-61)99-86(104-93)62-29-11-2-12-30-62)53-74(78)75-54-71(45-49-79(75)111)94-105-87(63-31-13-3-14-32-63)100-88(106-94)64-33-15-4-16-34-64)58-98-59-83(84)112-80-50-46-72(95-107-89(65-35-17-5-18-36-65)101-90(108-95)66-37-19-6-20-38-66)55-76(80)77-56-73(47-51-81(77)112)96-109-91(67-39-21-7-22-40-67)102-92(110-96)68-41-23-8-24-42-68/h1-56,58-59H. The van der Waals surface area contributed by atoms with Crippen molar-refractivity contribution in [2.75, 3.05) is 0 Å². The SMILES string of the molecule is N#Cc1cccc(-c2c(-n3c4ccc(-c5nc(-c6ccccc6)nc(-c6ccccc6)n5)cc4c4cc(-c5nc(-c6ccccc6)nc(-c6ccccc6)n5)ccc43)cncc2-n2c3ccc(-c4nc(-c5ccccc5)nc(-c5ccccc5)n4)cc3c3cc(-c4nc(-c5ccccc5)nc(-c5ccccc5)n4)ccc32)c1. The lowest BCUT2D eigenvalue weighted by atomic mass is 10.0. The number of pyridine rings is 1. The predicted molar refractivity (Wildman–Crippen MR) is 442 cm³/mol. The number of nitriles is 1. The van der Waals surface area contributed by atoms with E-state index in [2.05, 4.69) is 94.1 Å². The van der Waals surface area contributed by atoms with Crippen LogP contribution in [-0.4, -0.2) is 73.9 Å². The summed E-state index contributed by atoms with van der Waals surface area (Å²) in [5.74, 6) is 6.28. The molecule has 20 aromatic rings. The number of rotatable bonds is 15. The van der Waals surface area contributed by atoms with Crippen molar-refractivity contribution in [2.24, 2.45) is 0 Å². The summed E-state index contributed by atoms with van der Waals surface area (Å²) in [7, 11) is 0. The summed E-state index contributed by atoms with van der Waals surface area (Å²) in [5, 5.41) is 14.4. The minimum Gasteiger partial charge on any atom is -0.307 e. The van der Waals surface area contributed by atoms with Gasteiger partial charge in [0, 0.05) is 93.9 Å². The number of hydrogen-bond donors (Lipinski definition) is 0. The molecule has 0 N–H and O–H groups in total. The van der Waals surface area contributed by atoms with Gasteiger partial charge in [0.05, 0.1) is 57.5 Å². The van der Waals surface area contributed by atoms with Gasteiger partial charge in [0.1, 0.15) is 0 Å². The lowest BCUT2D eigenvalue weighted by molar-refractivity contribution is 1.07. The van der Waals surface area contributed by atoms with E-state index in [1.54, 1.807) is 0 Å². The topological polar surface area (TPSA) is 201 Å². The van der Waals surface area contributed by atoms with Crippen molar-refractivity contribution in [1.29, 1.82) is 5.26 Å². The largest absolute Gasteiger partial charge is 0.307 e. The maximum absolute atomic E-state index is 10.9. The van der Waals surface area contributed by atoms with Gasteiger partial charge >= 0.3 is 0 Å². The van der Waals surface area contributed by atoms with Crippen molar-refractivity contribution in [3.63, 3.8) is 0 Å². The van der Waals surface area contributed by atoms with Gasteiger partial charge in [-0.1, -0.05) is 255 Å². The maximum atomic E-state index is 10.9. The van der Waals surface area contributed by atoms with Crippen LogP contribution in [0.2, 0.25) is 0 Å². The van der Waals surface area contributed by atoms with Gasteiger partial charge < -0.3 is 9.13 Å². The quantitative estimate of drug-likeness (QED) is 0.0938. The Morgan fingerprint density at radius 1 is 0.196 bits per heavy atom. The molecule has 0 unspecified atom stereocenters. The molecular weight excluding hydrogens is 1380 g/mol. The molecule has 0 bridgehead atoms. The first kappa shape index (κ1) is 65.6. The second-order valence-corrected chi connectivity index (χ2v) is 27.0. The molecule has 13 aromatic carbocycles. The van der Waals surface area contributed by atoms with Crippen molar-refractivity contribution in [2.45, 2.75) is 0 Å². The highest BCUT2D eigenvalue weighted by molar-refractivity contribution is 6.14. The molecular formula is C96H58N16. The number of nitrogens with zero attached hydrogens (tertiary/aromatic N) is 16. The molecule has 0 fully saturated rings. The number of aromatic nitrogens is 15. The van der Waals surface area contributed by atoms with Crippen LogP contribution in [0.1, 0.15) is 5.56 Å². The smallest absolute Gasteiger partial charge is 0.164 e. The molecule has 0 aliphatic heterocycles. The van der Waals surface area contributed by atoms with Crippen molar-refractivity contribution < 1.29 is 0 Å². The lowest BCUT2D eigenvalue weighted by Gasteiger charge is -2.20. The molecule has 112 heavy (non-hydrogen) atoms. The van der Waals surface area contributed by atoms with Gasteiger partial charge in [-0.2, -0.15) is 5.26 Å². The van der Waals surface area contributed by atoms with E-state index in [1.807, 2.05) is 273 Å². The van der Waals surface area contributed by atoms with Crippen LogP contribution >= 0.6 is 0 Å². The summed E-state index contributed by atoms with van der Waals surface area (Å²) in [6.45, 7) is 0. The number of hydrogen-bond acceptors (Lipinski definition) is 14. The monoisotopic (exact) mass is 1430 g/mol. The third kappa shape index (κ3) is 12.3. The first-order chi connectivity index (χ1) is 55.4. The zero-order valence-corrected chi connectivity index (χ0v) is 59.6. The van der Waals surface area contributed by atoms with Crippen LogP contribution < -0.4 is 0 Å². The summed E-state index contributed by atoms with van der Waals surface area (Å²) in [6, 6.07) is 116. The van der Waals surface area contributed by atoms with E-state index in [1.165, 1.54) is 0 Å². The highest BCUT2D eigenvalue weighted by Crippen LogP contribution is 2.45. The summed E-state index contributed by atoms with van der Waals surface area (Å²) in [6.07, 6.45) is 3.84. The fourth-order valence-corrected chi connectivity index (χ4v) is 14.7. The minimum atomic E-state index is 0.479. The molecule has 522 valence electrons. The van der Waals surface area contributed by atoms with Crippen LogP contribution in [0.5, 0.6) is 0 Å². The highest BCUT2D eigenvalue weighted by Gasteiger charge is 2.27. The molecule has 0 aliphatic rings. The molecule has 0 atom stereocenters. The van der Waals surface area contributed by atoms with Gasteiger partial charge in [-0.15, -0.1) is 0 Å². The Balaban J connectivity index is 0.847. The maximum Gasteiger partial charge on any atom is 0.164 e. The van der Waals surface area contributed by atoms with Crippen LogP contribution in [0.4, 0.5) is 0 Å². The van der Waals surface area contributed by atoms with E-state index in [0.717, 1.165) is 133 Å². The molecule has 16 nitrogen and oxygen atoms in total. The van der Waals surface area contributed by atoms with Crippen LogP contribution in [0.25, 0.3) is 203 Å². The van der Waals surface area contributed by atoms with E-state index in [0.29, 0.717) is 75.5 Å². The summed E-state index contributed by atoms with van der Waals surface area (Å²) in [5.41, 5.74) is 16.8. The molecule has 0 aliphatic carbocycles. The van der Waals surface area contributed by atoms with Crippen molar-refractivity contribution in [3.05, 3.63) is 358 Å². The van der Waals surface area contributed by atoms with E-state index < -0.39 is 0 Å². The molecule has 0 spiro atoms. The van der Waals surface area contributed by atoms with E-state index in [-0.39, 0.29) is 0 Å². The average Bonchev–Trinajstić information content (AvgIpc) is 1.56. The van der Waals surface area contributed by atoms with E-state index >= 15 is 0 Å². The second-order valence-electron chi connectivity index (χ2n) is 27.0. The van der Waals surface area contributed by atoms with Crippen LogP contribution in [0.3, 0.4) is 0 Å². The van der Waals surface area contributed by atoms with Crippen molar-refractivity contribution >= 4 is 43.6 Å². The van der Waals surface area contributed by atoms with E-state index in [9.17, 15) is 5.26 Å². The van der Waals surface area contributed by atoms with Gasteiger partial charge in [-0.05, 0) is 90.5 Å². The van der Waals surface area contributed by atoms with Gasteiger partial charge in [-0.3, -0.25) is 4.98 Å². The number of fused-ring (bicyclic) bond motifs is 6. The van der Waals surface area contributed by atoms with Crippen LogP contribution in [0.15, 0.2) is 352 Å². The Bertz CT molecular complexity index is 6050. The molecule has 7 aromatic heterocycles. The Morgan fingerprint density at radius 2 is 0.402 bits per heavy atom. The Labute approximate surface area is 641 Å². The summed E-state index contributed by atoms with van der Waals surface area (Å²) >= 11 is 0. The normalized spacial score (nSPS) is 11.4. The summed E-state index contributed by atoms with van der Waals surface area (Å²) in [4.78, 5) is 67.6. The predicted octanol–water partition coefficient (Wildman–Crippen LogP) is 21.6. The average molecular weight is 1440 g/mol. The second kappa shape index (κ2) is 28.1. The van der Waals surface area contributed by atoms with Gasteiger partial charge in [0.25, 0.3) is 0 Å². The molecule has 20 rings (SSSR count). The van der Waals surface area contributed by atoms with Gasteiger partial charge in [-0.25, -0.2) is 59.8 Å². The molecule has 0 saturated heterocycles. The fraction of sp³-hybridized carbons (Fsp3) is 0. The first-order valence-corrected chi connectivity index (χ1v) is 36.6.